The van der Waals surface area contributed by atoms with Gasteiger partial charge in [0.05, 0.1) is 11.2 Å². The summed E-state index contributed by atoms with van der Waals surface area (Å²) in [4.78, 5) is 21.2. The molecular formula is C82H94IrN2O2-2. The van der Waals surface area contributed by atoms with Gasteiger partial charge in [0.2, 0.25) is 0 Å². The number of fused-ring (bicyclic) bond motifs is 10. The van der Waals surface area contributed by atoms with E-state index in [0.717, 1.165) is 130 Å². The van der Waals surface area contributed by atoms with E-state index in [1.54, 1.807) is 0 Å². The summed E-state index contributed by atoms with van der Waals surface area (Å²) in [6.45, 7) is 37.6. The second-order valence-corrected chi connectivity index (χ2v) is 29.8. The van der Waals surface area contributed by atoms with Crippen molar-refractivity contribution in [2.45, 2.75) is 182 Å². The Hall–Kier alpha value is -6.52. The summed E-state index contributed by atoms with van der Waals surface area (Å²) in [6, 6.07) is 40.7. The van der Waals surface area contributed by atoms with Crippen molar-refractivity contribution >= 4 is 70.4 Å². The Morgan fingerprint density at radius 3 is 1.40 bits per heavy atom. The van der Waals surface area contributed by atoms with Crippen molar-refractivity contribution < 1.29 is 35.5 Å². The molecule has 2 aromatic heterocycles. The predicted octanol–water partition coefficient (Wildman–Crippen LogP) is 22.4. The number of pyridine rings is 2. The first kappa shape index (κ1) is 59.4. The van der Waals surface area contributed by atoms with E-state index in [2.05, 4.69) is 193 Å². The summed E-state index contributed by atoms with van der Waals surface area (Å²) in [5.41, 5.74) is 15.7. The zero-order chi connectivity index (χ0) is 65.3. The van der Waals surface area contributed by atoms with Gasteiger partial charge in [0.1, 0.15) is 0 Å². The maximum Gasteiger partial charge on any atom is 0.162 e. The number of carbonyl (C=O) groups excluding carboxylic acids is 1. The molecule has 1 N–H and O–H groups in total. The Kier molecular flexibility index (Phi) is 17.4. The van der Waals surface area contributed by atoms with Gasteiger partial charge in [-0.05, 0) is 170 Å². The molecule has 2 aliphatic carbocycles. The van der Waals surface area contributed by atoms with E-state index in [-0.39, 0.29) is 89.6 Å². The van der Waals surface area contributed by atoms with Crippen molar-refractivity contribution in [3.8, 4) is 22.5 Å². The Bertz CT molecular complexity index is 4500. The van der Waals surface area contributed by atoms with E-state index < -0.39 is 0 Å². The average Bonchev–Trinajstić information content (AvgIpc) is 0.718. The van der Waals surface area contributed by atoms with Gasteiger partial charge in [0, 0.05) is 61.8 Å². The van der Waals surface area contributed by atoms with Crippen LogP contribution in [-0.4, -0.2) is 20.9 Å². The molecule has 0 fully saturated rings. The van der Waals surface area contributed by atoms with Crippen molar-refractivity contribution in [3.05, 3.63) is 189 Å². The van der Waals surface area contributed by atoms with Crippen LogP contribution in [0.2, 0.25) is 0 Å². The molecule has 0 saturated carbocycles. The molecule has 0 bridgehead atoms. The third-order valence-corrected chi connectivity index (χ3v) is 17.6. The first-order chi connectivity index (χ1) is 42.3. The molecule has 2 aliphatic rings. The molecule has 1 radical (unpaired) electrons. The molecule has 4 nitrogen and oxygen atoms in total. The molecular weight excluding hydrogens is 1240 g/mol. The number of aromatic nitrogens is 2. The van der Waals surface area contributed by atoms with Crippen molar-refractivity contribution in [1.29, 1.82) is 0 Å². The van der Waals surface area contributed by atoms with Crippen LogP contribution in [0.15, 0.2) is 127 Å². The first-order valence-electron chi connectivity index (χ1n) is 33.9. The summed E-state index contributed by atoms with van der Waals surface area (Å²) in [5, 5.41) is 22.8. The summed E-state index contributed by atoms with van der Waals surface area (Å²) < 4.78 is 35.3. The number of ketones is 1. The van der Waals surface area contributed by atoms with Gasteiger partial charge in [0.15, 0.2) is 5.78 Å². The van der Waals surface area contributed by atoms with Crippen LogP contribution in [0.4, 0.5) is 0 Å². The number of hydrogen-bond acceptors (Lipinski definition) is 4. The minimum Gasteiger partial charge on any atom is -0.512 e. The van der Waals surface area contributed by atoms with E-state index in [9.17, 15) is 9.90 Å². The van der Waals surface area contributed by atoms with Crippen LogP contribution in [0.3, 0.4) is 0 Å². The molecule has 0 aliphatic heterocycles. The standard InChI is InChI=1S/C35H36N.C34H34N.C13H24O2.Ir/c1-21-11-12-25-23(15-21)16-30-29(31(25)20-35(5,6)7)18-24-17-28-22(19-34(2,3)4)9-8-10-26(28)27-13-14-36-33(30)32(24)27;1-33(2,3)19-22-11-9-13-25-26-14-15-35-32-29-16-21-10-7-8-12-24(21)30(20-34(4,5)6)28(29)18-23(31(26)32)17-27(22)25;1-5-10(6-2)12(14)9-13(15)11(7-3)8-4;/h8-15,17H,18-20H2,1-7H3;7-15,17H,18-20H2,1-6H3;9-11,14H,5-8H2,1-4H3;/q2*-1;;/b;;12-9-;/i13D,14D;14D,15D;;. The predicted molar refractivity (Wildman–Crippen MR) is 369 cm³/mol. The van der Waals surface area contributed by atoms with Crippen molar-refractivity contribution in [2.24, 2.45) is 33.5 Å². The van der Waals surface area contributed by atoms with Crippen LogP contribution in [0.5, 0.6) is 0 Å². The van der Waals surface area contributed by atoms with Crippen molar-refractivity contribution in [1.82, 2.24) is 9.97 Å². The SMILES string of the molecule is CCC(CC)C(=O)/C=C(\O)C(CC)CC.[2H]c1nc2c3c(cc4c(CC(C)(C)C)cccc4c3c1[2H])Cc1c-2[c-]c2cc(C)ccc2c1CC(C)(C)C.[2H]c1nc2c3c(cc4c(CC(C)(C)C)cccc4c3c1[2H])Cc1c-2[c-]c2ccccc2c1CC(C)(C)C.[Ir]. The van der Waals surface area contributed by atoms with E-state index in [0.29, 0.717) is 0 Å². The molecule has 0 atom stereocenters. The van der Waals surface area contributed by atoms with E-state index in [4.69, 9.17) is 15.5 Å². The van der Waals surface area contributed by atoms with Crippen molar-refractivity contribution in [2.75, 3.05) is 0 Å². The van der Waals surface area contributed by atoms with Gasteiger partial charge < -0.3 is 5.11 Å². The van der Waals surface area contributed by atoms with Crippen LogP contribution in [-0.2, 0) is 63.4 Å². The minimum atomic E-state index is 0. The van der Waals surface area contributed by atoms with E-state index in [1.165, 1.54) is 77.7 Å². The summed E-state index contributed by atoms with van der Waals surface area (Å²) in [7, 11) is 0. The number of nitrogens with zero attached hydrogens (tertiary/aromatic N) is 2. The number of rotatable bonds is 11. The molecule has 8 aromatic carbocycles. The van der Waals surface area contributed by atoms with Gasteiger partial charge in [-0.3, -0.25) is 14.8 Å². The van der Waals surface area contributed by atoms with Gasteiger partial charge in [-0.15, -0.1) is 57.3 Å². The number of aliphatic hydroxyl groups is 1. The van der Waals surface area contributed by atoms with Gasteiger partial charge in [-0.1, -0.05) is 217 Å². The molecule has 0 saturated heterocycles. The largest absolute Gasteiger partial charge is 0.512 e. The van der Waals surface area contributed by atoms with E-state index in [1.807, 2.05) is 27.7 Å². The molecule has 12 rings (SSSR count). The third-order valence-electron chi connectivity index (χ3n) is 17.6. The Balaban J connectivity index is 0.000000176. The Morgan fingerprint density at radius 2 is 0.954 bits per heavy atom. The van der Waals surface area contributed by atoms with Crippen LogP contribution >= 0.6 is 0 Å². The smallest absolute Gasteiger partial charge is 0.162 e. The van der Waals surface area contributed by atoms with Crippen LogP contribution in [0, 0.1) is 52.6 Å². The van der Waals surface area contributed by atoms with Crippen LogP contribution in [0.25, 0.3) is 87.1 Å². The fourth-order valence-corrected chi connectivity index (χ4v) is 13.7. The molecule has 455 valence electrons. The molecule has 2 heterocycles. The molecule has 10 aromatic rings. The second-order valence-electron chi connectivity index (χ2n) is 29.8. The average molecular weight is 1340 g/mol. The fraction of sp³-hybridized carbons (Fsp3) is 0.402. The zero-order valence-electron chi connectivity index (χ0n) is 59.0. The number of carbonyl (C=O) groups is 1. The normalized spacial score (nSPS) is 13.9. The zero-order valence-corrected chi connectivity index (χ0v) is 57.4. The topological polar surface area (TPSA) is 63.1 Å². The van der Waals surface area contributed by atoms with Gasteiger partial charge in [0.25, 0.3) is 0 Å². The molecule has 0 amide bonds. The van der Waals surface area contributed by atoms with Gasteiger partial charge in [-0.2, -0.15) is 0 Å². The molecule has 5 heteroatoms. The Labute approximate surface area is 540 Å². The number of hydrogen-bond donors (Lipinski definition) is 1. The minimum absolute atomic E-state index is 0. The van der Waals surface area contributed by atoms with Gasteiger partial charge in [-0.25, -0.2) is 0 Å². The number of aliphatic hydroxyl groups excluding tert-OH is 1. The second kappa shape index (κ2) is 25.5. The molecule has 0 unspecified atom stereocenters. The van der Waals surface area contributed by atoms with E-state index >= 15 is 0 Å². The fourth-order valence-electron chi connectivity index (χ4n) is 13.7. The Morgan fingerprint density at radius 1 is 0.529 bits per heavy atom. The third kappa shape index (κ3) is 13.9. The first-order valence-corrected chi connectivity index (χ1v) is 31.9. The molecule has 87 heavy (non-hydrogen) atoms. The molecule has 0 spiro atoms. The van der Waals surface area contributed by atoms with Crippen LogP contribution in [0.1, 0.15) is 192 Å². The monoisotopic (exact) mass is 1340 g/mol. The number of allylic oxidation sites excluding steroid dienone is 2. The maximum absolute atomic E-state index is 11.7. The van der Waals surface area contributed by atoms with Crippen LogP contribution < -0.4 is 0 Å². The summed E-state index contributed by atoms with van der Waals surface area (Å²) in [6.07, 6.45) is 10.4. The number of benzene rings is 8. The summed E-state index contributed by atoms with van der Waals surface area (Å²) in [5.74, 6) is 0.547. The maximum atomic E-state index is 11.7. The quantitative estimate of drug-likeness (QED) is 0.0607. The summed E-state index contributed by atoms with van der Waals surface area (Å²) >= 11 is 0. The van der Waals surface area contributed by atoms with Gasteiger partial charge >= 0.3 is 0 Å². The van der Waals surface area contributed by atoms with Crippen molar-refractivity contribution in [3.63, 3.8) is 0 Å². The number of aryl methyl sites for hydroxylation is 1.